The van der Waals surface area contributed by atoms with E-state index in [1.54, 1.807) is 30.6 Å². The zero-order chi connectivity index (χ0) is 13.3. The fourth-order valence-electron chi connectivity index (χ4n) is 1.59. The number of rotatable bonds is 3. The van der Waals surface area contributed by atoms with Gasteiger partial charge in [-0.25, -0.2) is 0 Å². The molecular formula is C12H10BrCl2NOS. The number of methoxy groups -OCH3 is 1. The minimum atomic E-state index is -0.294. The van der Waals surface area contributed by atoms with Gasteiger partial charge in [-0.1, -0.05) is 23.2 Å². The smallest absolute Gasteiger partial charge is 0.138 e. The first kappa shape index (κ1) is 14.2. The maximum Gasteiger partial charge on any atom is 0.138 e. The van der Waals surface area contributed by atoms with Crippen molar-refractivity contribution in [3.05, 3.63) is 48.5 Å². The van der Waals surface area contributed by atoms with Crippen molar-refractivity contribution < 1.29 is 4.74 Å². The SMILES string of the molecule is COc1cc(Cl)c(C(N)c2ccc(Br)s2)cc1Cl. The van der Waals surface area contributed by atoms with Gasteiger partial charge in [0.2, 0.25) is 0 Å². The highest BCUT2D eigenvalue weighted by Gasteiger charge is 2.17. The summed E-state index contributed by atoms with van der Waals surface area (Å²) in [6.45, 7) is 0. The second-order valence-corrected chi connectivity index (χ2v) is 6.94. The molecule has 1 heterocycles. The molecule has 0 aliphatic rings. The van der Waals surface area contributed by atoms with Crippen LogP contribution in [0.2, 0.25) is 10.0 Å². The van der Waals surface area contributed by atoms with Crippen molar-refractivity contribution in [2.24, 2.45) is 5.73 Å². The highest BCUT2D eigenvalue weighted by molar-refractivity contribution is 9.11. The molecule has 0 fully saturated rings. The molecule has 0 radical (unpaired) electrons. The summed E-state index contributed by atoms with van der Waals surface area (Å²) in [5.41, 5.74) is 6.99. The molecule has 2 nitrogen and oxygen atoms in total. The Kier molecular flexibility index (Phi) is 4.56. The van der Waals surface area contributed by atoms with E-state index in [0.29, 0.717) is 15.8 Å². The Bertz CT molecular complexity index is 573. The molecular weight excluding hydrogens is 357 g/mol. The summed E-state index contributed by atoms with van der Waals surface area (Å²) in [6, 6.07) is 7.06. The van der Waals surface area contributed by atoms with Crippen LogP contribution >= 0.6 is 50.5 Å². The normalized spacial score (nSPS) is 12.5. The van der Waals surface area contributed by atoms with E-state index in [9.17, 15) is 0 Å². The summed E-state index contributed by atoms with van der Waals surface area (Å²) in [5.74, 6) is 0.546. The van der Waals surface area contributed by atoms with Crippen LogP contribution in [0.1, 0.15) is 16.5 Å². The van der Waals surface area contributed by atoms with Gasteiger partial charge in [-0.15, -0.1) is 11.3 Å². The lowest BCUT2D eigenvalue weighted by atomic mass is 10.1. The monoisotopic (exact) mass is 365 g/mol. The lowest BCUT2D eigenvalue weighted by molar-refractivity contribution is 0.415. The molecule has 0 aliphatic carbocycles. The molecule has 0 bridgehead atoms. The zero-order valence-electron chi connectivity index (χ0n) is 9.41. The summed E-state index contributed by atoms with van der Waals surface area (Å²) in [5, 5.41) is 1.05. The third-order valence-electron chi connectivity index (χ3n) is 2.51. The maximum atomic E-state index is 6.21. The standard InChI is InChI=1S/C12H10BrCl2NOS/c1-17-9-5-7(14)6(4-8(9)15)12(16)10-2-3-11(13)18-10/h2-5,12H,16H2,1H3. The van der Waals surface area contributed by atoms with E-state index in [-0.39, 0.29) is 6.04 Å². The second kappa shape index (κ2) is 5.80. The molecule has 2 aromatic rings. The van der Waals surface area contributed by atoms with Crippen molar-refractivity contribution >= 4 is 50.5 Å². The van der Waals surface area contributed by atoms with Gasteiger partial charge in [-0.05, 0) is 39.7 Å². The molecule has 2 rings (SSSR count). The highest BCUT2D eigenvalue weighted by atomic mass is 79.9. The van der Waals surface area contributed by atoms with Crippen LogP contribution in [0.3, 0.4) is 0 Å². The molecule has 1 aromatic heterocycles. The fraction of sp³-hybridized carbons (Fsp3) is 0.167. The number of thiophene rings is 1. The molecule has 1 aromatic carbocycles. The second-order valence-electron chi connectivity index (χ2n) is 3.63. The molecule has 1 unspecified atom stereocenters. The maximum absolute atomic E-state index is 6.21. The molecule has 96 valence electrons. The first-order chi connectivity index (χ1) is 8.52. The van der Waals surface area contributed by atoms with Gasteiger partial charge in [0.25, 0.3) is 0 Å². The predicted octanol–water partition coefficient (Wildman–Crippen LogP) is 4.87. The Morgan fingerprint density at radius 1 is 1.28 bits per heavy atom. The zero-order valence-corrected chi connectivity index (χ0v) is 13.3. The van der Waals surface area contributed by atoms with E-state index in [0.717, 1.165) is 14.2 Å². The van der Waals surface area contributed by atoms with Crippen LogP contribution in [0.15, 0.2) is 28.1 Å². The summed E-state index contributed by atoms with van der Waals surface area (Å²) in [6.07, 6.45) is 0. The van der Waals surface area contributed by atoms with Crippen LogP contribution in [-0.4, -0.2) is 7.11 Å². The van der Waals surface area contributed by atoms with E-state index < -0.39 is 0 Å². The largest absolute Gasteiger partial charge is 0.495 e. The van der Waals surface area contributed by atoms with E-state index in [1.165, 1.54) is 0 Å². The lowest BCUT2D eigenvalue weighted by Gasteiger charge is -2.14. The van der Waals surface area contributed by atoms with E-state index >= 15 is 0 Å². The molecule has 0 spiro atoms. The number of benzene rings is 1. The number of ether oxygens (including phenoxy) is 1. The Balaban J connectivity index is 2.42. The van der Waals surface area contributed by atoms with Crippen LogP contribution in [0.25, 0.3) is 0 Å². The molecule has 6 heteroatoms. The van der Waals surface area contributed by atoms with Gasteiger partial charge in [0.1, 0.15) is 5.75 Å². The van der Waals surface area contributed by atoms with E-state index in [2.05, 4.69) is 15.9 Å². The molecule has 1 atom stereocenters. The number of hydrogen-bond acceptors (Lipinski definition) is 3. The first-order valence-electron chi connectivity index (χ1n) is 5.06. The lowest BCUT2D eigenvalue weighted by Crippen LogP contribution is -2.11. The van der Waals surface area contributed by atoms with Gasteiger partial charge in [-0.2, -0.15) is 0 Å². The van der Waals surface area contributed by atoms with Gasteiger partial charge < -0.3 is 10.5 Å². The van der Waals surface area contributed by atoms with Gasteiger partial charge in [-0.3, -0.25) is 0 Å². The van der Waals surface area contributed by atoms with Crippen molar-refractivity contribution in [1.82, 2.24) is 0 Å². The van der Waals surface area contributed by atoms with Crippen LogP contribution in [0.5, 0.6) is 5.75 Å². The Hall–Kier alpha value is -0.260. The molecule has 0 aliphatic heterocycles. The Labute approximate surface area is 128 Å². The van der Waals surface area contributed by atoms with Crippen LogP contribution in [-0.2, 0) is 0 Å². The summed E-state index contributed by atoms with van der Waals surface area (Å²) < 4.78 is 6.14. The van der Waals surface area contributed by atoms with Crippen LogP contribution < -0.4 is 10.5 Å². The Morgan fingerprint density at radius 3 is 2.56 bits per heavy atom. The number of nitrogens with two attached hydrogens (primary N) is 1. The molecule has 18 heavy (non-hydrogen) atoms. The van der Waals surface area contributed by atoms with Crippen molar-refractivity contribution in [2.45, 2.75) is 6.04 Å². The van der Waals surface area contributed by atoms with Crippen molar-refractivity contribution in [2.75, 3.05) is 7.11 Å². The average molecular weight is 367 g/mol. The first-order valence-corrected chi connectivity index (χ1v) is 7.43. The van der Waals surface area contributed by atoms with Gasteiger partial charge in [0, 0.05) is 16.0 Å². The number of hydrogen-bond donors (Lipinski definition) is 1. The summed E-state index contributed by atoms with van der Waals surface area (Å²) in [7, 11) is 1.55. The summed E-state index contributed by atoms with van der Waals surface area (Å²) >= 11 is 17.3. The molecule has 0 amide bonds. The van der Waals surface area contributed by atoms with E-state index in [1.807, 2.05) is 12.1 Å². The fourth-order valence-corrected chi connectivity index (χ4v) is 3.55. The van der Waals surface area contributed by atoms with Crippen molar-refractivity contribution in [3.8, 4) is 5.75 Å². The molecule has 2 N–H and O–H groups in total. The van der Waals surface area contributed by atoms with Gasteiger partial charge >= 0.3 is 0 Å². The number of halogens is 3. The van der Waals surface area contributed by atoms with Crippen LogP contribution in [0.4, 0.5) is 0 Å². The van der Waals surface area contributed by atoms with Crippen molar-refractivity contribution in [1.29, 1.82) is 0 Å². The highest BCUT2D eigenvalue weighted by Crippen LogP contribution is 2.37. The third kappa shape index (κ3) is 2.83. The Morgan fingerprint density at radius 2 is 2.00 bits per heavy atom. The quantitative estimate of drug-likeness (QED) is 0.840. The average Bonchev–Trinajstić information content (AvgIpc) is 2.77. The molecule has 0 saturated carbocycles. The summed E-state index contributed by atoms with van der Waals surface area (Å²) in [4.78, 5) is 1.02. The van der Waals surface area contributed by atoms with Crippen LogP contribution in [0, 0.1) is 0 Å². The minimum absolute atomic E-state index is 0.294. The topological polar surface area (TPSA) is 35.2 Å². The van der Waals surface area contributed by atoms with E-state index in [4.69, 9.17) is 33.7 Å². The van der Waals surface area contributed by atoms with Gasteiger partial charge in [0.05, 0.1) is 22.0 Å². The van der Waals surface area contributed by atoms with Crippen molar-refractivity contribution in [3.63, 3.8) is 0 Å². The third-order valence-corrected chi connectivity index (χ3v) is 4.84. The van der Waals surface area contributed by atoms with Gasteiger partial charge in [0.15, 0.2) is 0 Å². The predicted molar refractivity (Wildman–Crippen MR) is 81.1 cm³/mol. The minimum Gasteiger partial charge on any atom is -0.495 e. The molecule has 0 saturated heterocycles.